The van der Waals surface area contributed by atoms with Crippen molar-refractivity contribution in [2.75, 3.05) is 13.1 Å². The van der Waals surface area contributed by atoms with Crippen LogP contribution in [0.2, 0.25) is 0 Å². The van der Waals surface area contributed by atoms with Crippen LogP contribution in [-0.2, 0) is 4.74 Å². The number of benzene rings is 1. The fourth-order valence-electron chi connectivity index (χ4n) is 2.17. The van der Waals surface area contributed by atoms with Crippen LogP contribution in [0.4, 0.5) is 0 Å². The van der Waals surface area contributed by atoms with Gasteiger partial charge in [0, 0.05) is 23.5 Å². The molecule has 1 amide bonds. The van der Waals surface area contributed by atoms with Crippen molar-refractivity contribution in [1.29, 1.82) is 0 Å². The van der Waals surface area contributed by atoms with Crippen LogP contribution in [0.15, 0.2) is 29.2 Å². The normalized spacial score (nSPS) is 24.8. The zero-order valence-corrected chi connectivity index (χ0v) is 11.0. The standard InChI is InChI=1S/C13H17NO2S/c1-9-7-14(8-10(2)16-9)13(15)11-4-3-5-12(17)6-11/h3-6,9-10,17H,7-8H2,1-2H3/t9-,10+. The van der Waals surface area contributed by atoms with Gasteiger partial charge < -0.3 is 9.64 Å². The average Bonchev–Trinajstić information content (AvgIpc) is 2.26. The summed E-state index contributed by atoms with van der Waals surface area (Å²) in [6.07, 6.45) is 0.198. The molecule has 17 heavy (non-hydrogen) atoms. The van der Waals surface area contributed by atoms with Crippen molar-refractivity contribution in [2.45, 2.75) is 31.0 Å². The van der Waals surface area contributed by atoms with Gasteiger partial charge in [-0.1, -0.05) is 6.07 Å². The zero-order chi connectivity index (χ0) is 12.4. The van der Waals surface area contributed by atoms with Crippen molar-refractivity contribution in [1.82, 2.24) is 4.90 Å². The Morgan fingerprint density at radius 3 is 2.59 bits per heavy atom. The molecular formula is C13H17NO2S. The molecule has 0 saturated carbocycles. The van der Waals surface area contributed by atoms with Gasteiger partial charge >= 0.3 is 0 Å². The first-order chi connectivity index (χ1) is 8.06. The number of hydrogen-bond acceptors (Lipinski definition) is 3. The van der Waals surface area contributed by atoms with E-state index < -0.39 is 0 Å². The summed E-state index contributed by atoms with van der Waals surface area (Å²) >= 11 is 4.25. The number of nitrogens with zero attached hydrogens (tertiary/aromatic N) is 1. The largest absolute Gasteiger partial charge is 0.372 e. The molecule has 0 unspecified atom stereocenters. The van der Waals surface area contributed by atoms with Crippen LogP contribution in [0.25, 0.3) is 0 Å². The SMILES string of the molecule is C[C@@H]1CN(C(=O)c2cccc(S)c2)C[C@H](C)O1. The lowest BCUT2D eigenvalue weighted by Crippen LogP contribution is -2.48. The van der Waals surface area contributed by atoms with Gasteiger partial charge in [0.2, 0.25) is 0 Å². The predicted molar refractivity (Wildman–Crippen MR) is 69.6 cm³/mol. The highest BCUT2D eigenvalue weighted by Crippen LogP contribution is 2.16. The molecule has 1 aromatic carbocycles. The van der Waals surface area contributed by atoms with Crippen LogP contribution in [0.3, 0.4) is 0 Å². The maximum Gasteiger partial charge on any atom is 0.254 e. The number of carbonyl (C=O) groups is 1. The quantitative estimate of drug-likeness (QED) is 0.776. The van der Waals surface area contributed by atoms with Gasteiger partial charge in [-0.3, -0.25) is 4.79 Å². The molecule has 0 aromatic heterocycles. The topological polar surface area (TPSA) is 29.5 Å². The van der Waals surface area contributed by atoms with Crippen LogP contribution in [0.5, 0.6) is 0 Å². The zero-order valence-electron chi connectivity index (χ0n) is 10.1. The van der Waals surface area contributed by atoms with Crippen molar-refractivity contribution in [3.8, 4) is 0 Å². The summed E-state index contributed by atoms with van der Waals surface area (Å²) in [6.45, 7) is 5.29. The van der Waals surface area contributed by atoms with E-state index in [1.165, 1.54) is 0 Å². The molecule has 0 bridgehead atoms. The minimum absolute atomic E-state index is 0.0582. The lowest BCUT2D eigenvalue weighted by atomic mass is 10.1. The van der Waals surface area contributed by atoms with E-state index in [1.807, 2.05) is 36.9 Å². The summed E-state index contributed by atoms with van der Waals surface area (Å²) in [7, 11) is 0. The van der Waals surface area contributed by atoms with Gasteiger partial charge in [-0.05, 0) is 32.0 Å². The molecule has 1 fully saturated rings. The second-order valence-corrected chi connectivity index (χ2v) is 5.03. The lowest BCUT2D eigenvalue weighted by molar-refractivity contribution is -0.0586. The number of hydrogen-bond donors (Lipinski definition) is 1. The van der Waals surface area contributed by atoms with Crippen molar-refractivity contribution in [2.24, 2.45) is 0 Å². The van der Waals surface area contributed by atoms with Crippen molar-refractivity contribution >= 4 is 18.5 Å². The van der Waals surface area contributed by atoms with Crippen molar-refractivity contribution < 1.29 is 9.53 Å². The smallest absolute Gasteiger partial charge is 0.254 e. The van der Waals surface area contributed by atoms with E-state index in [0.29, 0.717) is 18.7 Å². The molecule has 2 rings (SSSR count). The Hall–Kier alpha value is -1.00. The summed E-state index contributed by atoms with van der Waals surface area (Å²) in [4.78, 5) is 14.9. The molecule has 1 aliphatic heterocycles. The summed E-state index contributed by atoms with van der Waals surface area (Å²) < 4.78 is 5.62. The third kappa shape index (κ3) is 3.01. The summed E-state index contributed by atoms with van der Waals surface area (Å²) in [5, 5.41) is 0. The Balaban J connectivity index is 2.14. The first kappa shape index (κ1) is 12.5. The highest BCUT2D eigenvalue weighted by molar-refractivity contribution is 7.80. The van der Waals surface area contributed by atoms with Crippen LogP contribution in [-0.4, -0.2) is 36.1 Å². The maximum atomic E-state index is 12.3. The lowest BCUT2D eigenvalue weighted by Gasteiger charge is -2.35. The average molecular weight is 251 g/mol. The Morgan fingerprint density at radius 2 is 2.00 bits per heavy atom. The molecule has 0 aliphatic carbocycles. The van der Waals surface area contributed by atoms with Gasteiger partial charge in [0.05, 0.1) is 12.2 Å². The molecule has 0 N–H and O–H groups in total. The van der Waals surface area contributed by atoms with Gasteiger partial charge in [0.25, 0.3) is 5.91 Å². The fraction of sp³-hybridized carbons (Fsp3) is 0.462. The minimum atomic E-state index is 0.0582. The Kier molecular flexibility index (Phi) is 3.74. The molecule has 1 heterocycles. The maximum absolute atomic E-state index is 12.3. The molecule has 4 heteroatoms. The number of morpholine rings is 1. The Labute approximate surface area is 107 Å². The van der Waals surface area contributed by atoms with Crippen LogP contribution in [0.1, 0.15) is 24.2 Å². The summed E-state index contributed by atoms with van der Waals surface area (Å²) in [5.41, 5.74) is 0.693. The summed E-state index contributed by atoms with van der Waals surface area (Å²) in [5.74, 6) is 0.0582. The van der Waals surface area contributed by atoms with Gasteiger partial charge in [-0.2, -0.15) is 0 Å². The highest BCUT2D eigenvalue weighted by Gasteiger charge is 2.26. The van der Waals surface area contributed by atoms with E-state index in [-0.39, 0.29) is 18.1 Å². The van der Waals surface area contributed by atoms with Crippen LogP contribution >= 0.6 is 12.6 Å². The number of rotatable bonds is 1. The minimum Gasteiger partial charge on any atom is -0.372 e. The molecule has 1 aromatic rings. The third-order valence-electron chi connectivity index (χ3n) is 2.80. The Morgan fingerprint density at radius 1 is 1.35 bits per heavy atom. The fourth-order valence-corrected chi connectivity index (χ4v) is 2.39. The number of carbonyl (C=O) groups excluding carboxylic acids is 1. The van der Waals surface area contributed by atoms with Gasteiger partial charge in [-0.15, -0.1) is 12.6 Å². The number of amides is 1. The van der Waals surface area contributed by atoms with E-state index in [0.717, 1.165) is 4.90 Å². The van der Waals surface area contributed by atoms with Crippen LogP contribution in [0, 0.1) is 0 Å². The van der Waals surface area contributed by atoms with Gasteiger partial charge in [0.15, 0.2) is 0 Å². The molecule has 92 valence electrons. The molecule has 2 atom stereocenters. The molecule has 0 spiro atoms. The van der Waals surface area contributed by atoms with Crippen molar-refractivity contribution in [3.63, 3.8) is 0 Å². The highest BCUT2D eigenvalue weighted by atomic mass is 32.1. The first-order valence-electron chi connectivity index (χ1n) is 5.80. The van der Waals surface area contributed by atoms with Crippen molar-refractivity contribution in [3.05, 3.63) is 29.8 Å². The van der Waals surface area contributed by atoms with Crippen LogP contribution < -0.4 is 0 Å². The molecule has 1 aliphatic rings. The van der Waals surface area contributed by atoms with Gasteiger partial charge in [0.1, 0.15) is 0 Å². The third-order valence-corrected chi connectivity index (χ3v) is 3.08. The second-order valence-electron chi connectivity index (χ2n) is 4.52. The summed E-state index contributed by atoms with van der Waals surface area (Å²) in [6, 6.07) is 7.34. The first-order valence-corrected chi connectivity index (χ1v) is 6.24. The molecule has 3 nitrogen and oxygen atoms in total. The molecule has 1 saturated heterocycles. The van der Waals surface area contributed by atoms with E-state index in [9.17, 15) is 4.79 Å². The van der Waals surface area contributed by atoms with Gasteiger partial charge in [-0.25, -0.2) is 0 Å². The van der Waals surface area contributed by atoms with E-state index >= 15 is 0 Å². The van der Waals surface area contributed by atoms with E-state index in [4.69, 9.17) is 4.74 Å². The Bertz CT molecular complexity index is 412. The molecular weight excluding hydrogens is 234 g/mol. The predicted octanol–water partition coefficient (Wildman–Crippen LogP) is 2.22. The number of ether oxygens (including phenoxy) is 1. The second kappa shape index (κ2) is 5.10. The van der Waals surface area contributed by atoms with E-state index in [2.05, 4.69) is 12.6 Å². The molecule has 0 radical (unpaired) electrons. The number of thiol groups is 1. The van der Waals surface area contributed by atoms with E-state index in [1.54, 1.807) is 6.07 Å². The monoisotopic (exact) mass is 251 g/mol.